The second-order valence-electron chi connectivity index (χ2n) is 5.03. The van der Waals surface area contributed by atoms with Crippen molar-refractivity contribution >= 4 is 0 Å². The first-order chi connectivity index (χ1) is 5.16. The summed E-state index contributed by atoms with van der Waals surface area (Å²) in [5.41, 5.74) is 1.25. The molecule has 0 bridgehead atoms. The molecular formula is C10H16O. The van der Waals surface area contributed by atoms with E-state index < -0.39 is 0 Å². The van der Waals surface area contributed by atoms with Crippen LogP contribution in [-0.2, 0) is 4.74 Å². The van der Waals surface area contributed by atoms with Crippen LogP contribution in [0.4, 0.5) is 0 Å². The molecule has 0 saturated heterocycles. The molecule has 0 aromatic carbocycles. The van der Waals surface area contributed by atoms with Crippen molar-refractivity contribution < 1.29 is 4.74 Å². The monoisotopic (exact) mass is 152 g/mol. The molecule has 3 fully saturated rings. The molecule has 3 rings (SSSR count). The van der Waals surface area contributed by atoms with Gasteiger partial charge in [0.05, 0.1) is 6.10 Å². The average Bonchev–Trinajstić information content (AvgIpc) is 2.46. The van der Waals surface area contributed by atoms with E-state index in [0.29, 0.717) is 16.9 Å². The van der Waals surface area contributed by atoms with Crippen molar-refractivity contribution in [2.24, 2.45) is 22.7 Å². The summed E-state index contributed by atoms with van der Waals surface area (Å²) in [5.74, 6) is 1.96. The van der Waals surface area contributed by atoms with Gasteiger partial charge in [-0.2, -0.15) is 0 Å². The van der Waals surface area contributed by atoms with Crippen LogP contribution in [0.5, 0.6) is 0 Å². The zero-order valence-corrected chi connectivity index (χ0v) is 7.55. The molecule has 3 saturated carbocycles. The average molecular weight is 152 g/mol. The smallest absolute Gasteiger partial charge is 0.0666 e. The summed E-state index contributed by atoms with van der Waals surface area (Å²) in [7, 11) is 1.88. The summed E-state index contributed by atoms with van der Waals surface area (Å²) in [6.45, 7) is 4.88. The number of hydrogen-bond donors (Lipinski definition) is 0. The van der Waals surface area contributed by atoms with Gasteiger partial charge in [-0.05, 0) is 30.1 Å². The molecule has 1 nitrogen and oxygen atoms in total. The van der Waals surface area contributed by atoms with E-state index in [-0.39, 0.29) is 0 Å². The molecular weight excluding hydrogens is 136 g/mol. The fourth-order valence-corrected chi connectivity index (χ4v) is 4.33. The Labute approximate surface area is 68.1 Å². The first-order valence-corrected chi connectivity index (χ1v) is 4.69. The van der Waals surface area contributed by atoms with Crippen molar-refractivity contribution in [1.29, 1.82) is 0 Å². The first-order valence-electron chi connectivity index (χ1n) is 4.69. The predicted molar refractivity (Wildman–Crippen MR) is 43.2 cm³/mol. The van der Waals surface area contributed by atoms with E-state index >= 15 is 0 Å². The minimum atomic E-state index is 0.553. The number of fused-ring (bicyclic) bond motifs is 1. The highest BCUT2D eigenvalue weighted by Crippen LogP contribution is 2.88. The van der Waals surface area contributed by atoms with Crippen LogP contribution in [0, 0.1) is 22.7 Å². The van der Waals surface area contributed by atoms with Crippen LogP contribution in [0.3, 0.4) is 0 Å². The van der Waals surface area contributed by atoms with Gasteiger partial charge in [0.15, 0.2) is 0 Å². The highest BCUT2D eigenvalue weighted by Gasteiger charge is 2.86. The van der Waals surface area contributed by atoms with Gasteiger partial charge >= 0.3 is 0 Å². The molecule has 5 unspecified atom stereocenters. The predicted octanol–water partition coefficient (Wildman–Crippen LogP) is 2.07. The molecule has 0 spiro atoms. The summed E-state index contributed by atoms with van der Waals surface area (Å²) >= 11 is 0. The number of rotatable bonds is 1. The van der Waals surface area contributed by atoms with Gasteiger partial charge in [-0.25, -0.2) is 0 Å². The largest absolute Gasteiger partial charge is 0.381 e. The zero-order chi connectivity index (χ0) is 7.85. The van der Waals surface area contributed by atoms with Gasteiger partial charge in [0.1, 0.15) is 0 Å². The van der Waals surface area contributed by atoms with Crippen LogP contribution >= 0.6 is 0 Å². The Balaban J connectivity index is 2.00. The van der Waals surface area contributed by atoms with Gasteiger partial charge in [-0.15, -0.1) is 0 Å². The molecule has 3 aliphatic carbocycles. The lowest BCUT2D eigenvalue weighted by atomic mass is 9.58. The van der Waals surface area contributed by atoms with Crippen molar-refractivity contribution in [1.82, 2.24) is 0 Å². The third-order valence-electron chi connectivity index (χ3n) is 5.20. The first kappa shape index (κ1) is 6.47. The van der Waals surface area contributed by atoms with Crippen molar-refractivity contribution in [2.75, 3.05) is 7.11 Å². The summed E-state index contributed by atoms with van der Waals surface area (Å²) in [4.78, 5) is 0. The molecule has 62 valence electrons. The Morgan fingerprint density at radius 1 is 1.36 bits per heavy atom. The molecule has 0 radical (unpaired) electrons. The normalized spacial score (nSPS) is 70.6. The Morgan fingerprint density at radius 2 is 2.09 bits per heavy atom. The number of hydrogen-bond acceptors (Lipinski definition) is 1. The second-order valence-corrected chi connectivity index (χ2v) is 5.03. The molecule has 0 aliphatic heterocycles. The Kier molecular flexibility index (Phi) is 0.820. The van der Waals surface area contributed by atoms with E-state index in [1.54, 1.807) is 0 Å². The second kappa shape index (κ2) is 1.39. The maximum atomic E-state index is 5.54. The Bertz CT molecular complexity index is 225. The molecule has 1 heteroatoms. The van der Waals surface area contributed by atoms with E-state index in [1.807, 2.05) is 7.11 Å². The fourth-order valence-electron chi connectivity index (χ4n) is 4.33. The summed E-state index contributed by atoms with van der Waals surface area (Å²) in [6.07, 6.45) is 3.48. The Morgan fingerprint density at radius 3 is 2.36 bits per heavy atom. The standard InChI is InChI=1S/C10H16O/c1-9-5-4-6-7(8(9)11-3)10(6,9)2/h6-8H,4-5H2,1-3H3. The van der Waals surface area contributed by atoms with Crippen molar-refractivity contribution in [2.45, 2.75) is 32.8 Å². The van der Waals surface area contributed by atoms with Crippen LogP contribution in [-0.4, -0.2) is 13.2 Å². The van der Waals surface area contributed by atoms with Crippen molar-refractivity contribution in [3.8, 4) is 0 Å². The van der Waals surface area contributed by atoms with E-state index in [4.69, 9.17) is 4.74 Å². The summed E-state index contributed by atoms with van der Waals surface area (Å²) in [5, 5.41) is 0. The van der Waals surface area contributed by atoms with Gasteiger partial charge in [0.25, 0.3) is 0 Å². The van der Waals surface area contributed by atoms with Crippen molar-refractivity contribution in [3.05, 3.63) is 0 Å². The lowest BCUT2D eigenvalue weighted by Crippen LogP contribution is -2.52. The molecule has 3 aliphatic rings. The summed E-state index contributed by atoms with van der Waals surface area (Å²) < 4.78 is 5.54. The topological polar surface area (TPSA) is 9.23 Å². The SMILES string of the molecule is COC1C2C3CCC1(C)C32C. The molecule has 0 aromatic heterocycles. The molecule has 11 heavy (non-hydrogen) atoms. The number of methoxy groups -OCH3 is 1. The molecule has 0 amide bonds. The highest BCUT2D eigenvalue weighted by atomic mass is 16.5. The van der Waals surface area contributed by atoms with Crippen LogP contribution in [0.25, 0.3) is 0 Å². The maximum Gasteiger partial charge on any atom is 0.0666 e. The molecule has 5 atom stereocenters. The molecule has 0 aromatic rings. The molecule has 0 N–H and O–H groups in total. The van der Waals surface area contributed by atoms with Gasteiger partial charge < -0.3 is 4.74 Å². The quantitative estimate of drug-likeness (QED) is 0.559. The lowest BCUT2D eigenvalue weighted by molar-refractivity contribution is -0.134. The summed E-state index contributed by atoms with van der Waals surface area (Å²) in [6, 6.07) is 0. The third-order valence-corrected chi connectivity index (χ3v) is 5.20. The number of ether oxygens (including phenoxy) is 1. The van der Waals surface area contributed by atoms with E-state index in [1.165, 1.54) is 12.8 Å². The van der Waals surface area contributed by atoms with E-state index in [2.05, 4.69) is 13.8 Å². The van der Waals surface area contributed by atoms with E-state index in [9.17, 15) is 0 Å². The van der Waals surface area contributed by atoms with Gasteiger partial charge in [0, 0.05) is 12.5 Å². The van der Waals surface area contributed by atoms with Crippen LogP contribution in [0.2, 0.25) is 0 Å². The zero-order valence-electron chi connectivity index (χ0n) is 7.55. The van der Waals surface area contributed by atoms with Crippen LogP contribution in [0.1, 0.15) is 26.7 Å². The van der Waals surface area contributed by atoms with Gasteiger partial charge in [0.2, 0.25) is 0 Å². The van der Waals surface area contributed by atoms with Crippen LogP contribution in [0.15, 0.2) is 0 Å². The Hall–Kier alpha value is -0.0400. The lowest BCUT2D eigenvalue weighted by Gasteiger charge is -2.51. The van der Waals surface area contributed by atoms with Crippen LogP contribution < -0.4 is 0 Å². The van der Waals surface area contributed by atoms with Gasteiger partial charge in [-0.1, -0.05) is 13.8 Å². The highest BCUT2D eigenvalue weighted by molar-refractivity contribution is 5.34. The third kappa shape index (κ3) is 0.376. The van der Waals surface area contributed by atoms with Crippen molar-refractivity contribution in [3.63, 3.8) is 0 Å². The fraction of sp³-hybridized carbons (Fsp3) is 1.00. The minimum absolute atomic E-state index is 0.553. The van der Waals surface area contributed by atoms with E-state index in [0.717, 1.165) is 11.8 Å². The van der Waals surface area contributed by atoms with Gasteiger partial charge in [-0.3, -0.25) is 0 Å². The molecule has 0 heterocycles. The minimum Gasteiger partial charge on any atom is -0.381 e. The maximum absolute atomic E-state index is 5.54.